The number of amides is 1. The van der Waals surface area contributed by atoms with Crippen LogP contribution in [0.4, 0.5) is 0 Å². The van der Waals surface area contributed by atoms with Gasteiger partial charge in [0.05, 0.1) is 25.0 Å². The molecule has 0 aromatic carbocycles. The van der Waals surface area contributed by atoms with Gasteiger partial charge >= 0.3 is 0 Å². The third-order valence-electron chi connectivity index (χ3n) is 5.08. The SMILES string of the molecule is COCCNC(=O)c1sc2ncccc2c1[C@H]1CN(Cc2ccnn2C)CCO1. The quantitative estimate of drug-likeness (QED) is 0.595. The molecule has 0 radical (unpaired) electrons. The van der Waals surface area contributed by atoms with Crippen LogP contribution in [0.15, 0.2) is 30.6 Å². The van der Waals surface area contributed by atoms with Crippen LogP contribution in [0.2, 0.25) is 0 Å². The average Bonchev–Trinajstić information content (AvgIpc) is 3.32. The summed E-state index contributed by atoms with van der Waals surface area (Å²) in [6.45, 7) is 3.91. The smallest absolute Gasteiger partial charge is 0.261 e. The topological polar surface area (TPSA) is 81.5 Å². The Kier molecular flexibility index (Phi) is 6.19. The number of morpholine rings is 1. The lowest BCUT2D eigenvalue weighted by Gasteiger charge is -2.33. The Labute approximate surface area is 173 Å². The van der Waals surface area contributed by atoms with E-state index in [1.54, 1.807) is 13.3 Å². The van der Waals surface area contributed by atoms with Gasteiger partial charge in [-0.05, 0) is 12.1 Å². The van der Waals surface area contributed by atoms with Gasteiger partial charge in [-0.3, -0.25) is 14.4 Å². The molecule has 9 heteroatoms. The van der Waals surface area contributed by atoms with Gasteiger partial charge in [0.2, 0.25) is 0 Å². The van der Waals surface area contributed by atoms with Gasteiger partial charge in [-0.15, -0.1) is 11.3 Å². The van der Waals surface area contributed by atoms with E-state index in [0.717, 1.165) is 34.6 Å². The van der Waals surface area contributed by atoms with Crippen LogP contribution in [0.25, 0.3) is 10.2 Å². The van der Waals surface area contributed by atoms with Crippen molar-refractivity contribution in [2.24, 2.45) is 7.05 Å². The molecule has 1 N–H and O–H groups in total. The van der Waals surface area contributed by atoms with Crippen LogP contribution in [-0.4, -0.2) is 65.5 Å². The number of thiophene rings is 1. The first-order valence-electron chi connectivity index (χ1n) is 9.62. The average molecular weight is 416 g/mol. The summed E-state index contributed by atoms with van der Waals surface area (Å²) in [4.78, 5) is 21.2. The minimum Gasteiger partial charge on any atom is -0.383 e. The molecule has 1 amide bonds. The number of nitrogens with zero attached hydrogens (tertiary/aromatic N) is 4. The molecule has 0 saturated carbocycles. The van der Waals surface area contributed by atoms with Crippen molar-refractivity contribution in [3.63, 3.8) is 0 Å². The van der Waals surface area contributed by atoms with E-state index in [0.29, 0.717) is 31.2 Å². The Balaban J connectivity index is 1.60. The number of aromatic nitrogens is 3. The van der Waals surface area contributed by atoms with Gasteiger partial charge < -0.3 is 14.8 Å². The third kappa shape index (κ3) is 4.32. The zero-order valence-electron chi connectivity index (χ0n) is 16.6. The van der Waals surface area contributed by atoms with E-state index in [-0.39, 0.29) is 12.0 Å². The van der Waals surface area contributed by atoms with E-state index in [1.165, 1.54) is 11.3 Å². The first kappa shape index (κ1) is 20.0. The lowest BCUT2D eigenvalue weighted by Crippen LogP contribution is -2.39. The fraction of sp³-hybridized carbons (Fsp3) is 0.450. The molecule has 1 atom stereocenters. The Bertz CT molecular complexity index is 986. The standard InChI is InChI=1S/C20H25N5O3S/c1-24-14(5-7-23-24)12-25-9-11-28-16(13-25)17-15-4-3-6-22-20(15)29-18(17)19(26)21-8-10-27-2/h3-7,16H,8-13H2,1-2H3,(H,21,26)/t16-/m1/s1. The highest BCUT2D eigenvalue weighted by atomic mass is 32.1. The van der Waals surface area contributed by atoms with Gasteiger partial charge in [-0.25, -0.2) is 4.98 Å². The van der Waals surface area contributed by atoms with Crippen molar-refractivity contribution in [1.29, 1.82) is 0 Å². The second-order valence-electron chi connectivity index (χ2n) is 6.99. The molecule has 1 aliphatic rings. The summed E-state index contributed by atoms with van der Waals surface area (Å²) in [6, 6.07) is 5.95. The van der Waals surface area contributed by atoms with Crippen molar-refractivity contribution in [2.75, 3.05) is 40.0 Å². The Morgan fingerprint density at radius 3 is 3.10 bits per heavy atom. The van der Waals surface area contributed by atoms with E-state index >= 15 is 0 Å². The molecule has 0 bridgehead atoms. The van der Waals surface area contributed by atoms with Crippen molar-refractivity contribution in [2.45, 2.75) is 12.6 Å². The number of aryl methyl sites for hydroxylation is 1. The van der Waals surface area contributed by atoms with Crippen molar-refractivity contribution >= 4 is 27.5 Å². The normalized spacial score (nSPS) is 17.7. The van der Waals surface area contributed by atoms with E-state index in [2.05, 4.69) is 20.3 Å². The van der Waals surface area contributed by atoms with Crippen LogP contribution in [0.1, 0.15) is 27.0 Å². The molecule has 4 rings (SSSR count). The van der Waals surface area contributed by atoms with Crippen LogP contribution in [0.3, 0.4) is 0 Å². The number of carbonyl (C=O) groups excluding carboxylic acids is 1. The number of nitrogens with one attached hydrogen (secondary N) is 1. The second kappa shape index (κ2) is 9.00. The lowest BCUT2D eigenvalue weighted by molar-refractivity contribution is -0.0329. The zero-order valence-corrected chi connectivity index (χ0v) is 17.4. The number of ether oxygens (including phenoxy) is 2. The van der Waals surface area contributed by atoms with Gasteiger partial charge in [-0.1, -0.05) is 6.07 Å². The minimum absolute atomic E-state index is 0.104. The van der Waals surface area contributed by atoms with Crippen LogP contribution in [0.5, 0.6) is 0 Å². The van der Waals surface area contributed by atoms with Crippen LogP contribution < -0.4 is 5.32 Å². The first-order chi connectivity index (χ1) is 14.2. The molecular weight excluding hydrogens is 390 g/mol. The monoisotopic (exact) mass is 415 g/mol. The molecule has 3 aromatic rings. The maximum atomic E-state index is 12.9. The second-order valence-corrected chi connectivity index (χ2v) is 7.99. The number of hydrogen-bond donors (Lipinski definition) is 1. The number of rotatable bonds is 7. The predicted octanol–water partition coefficient (Wildman–Crippen LogP) is 1.98. The maximum absolute atomic E-state index is 12.9. The van der Waals surface area contributed by atoms with Crippen LogP contribution >= 0.6 is 11.3 Å². The number of methoxy groups -OCH3 is 1. The van der Waals surface area contributed by atoms with Crippen molar-refractivity contribution in [3.8, 4) is 0 Å². The van der Waals surface area contributed by atoms with Crippen LogP contribution in [-0.2, 0) is 23.1 Å². The summed E-state index contributed by atoms with van der Waals surface area (Å²) in [5.74, 6) is -0.104. The van der Waals surface area contributed by atoms with Gasteiger partial charge in [-0.2, -0.15) is 5.10 Å². The van der Waals surface area contributed by atoms with Crippen molar-refractivity contribution < 1.29 is 14.3 Å². The molecule has 3 aromatic heterocycles. The lowest BCUT2D eigenvalue weighted by atomic mass is 10.0. The fourth-order valence-corrected chi connectivity index (χ4v) is 4.70. The van der Waals surface area contributed by atoms with Crippen LogP contribution in [0, 0.1) is 0 Å². The van der Waals surface area contributed by atoms with Crippen molar-refractivity contribution in [3.05, 3.63) is 46.7 Å². The van der Waals surface area contributed by atoms with Gasteiger partial charge in [0.1, 0.15) is 9.71 Å². The molecule has 4 heterocycles. The van der Waals surface area contributed by atoms with Crippen molar-refractivity contribution in [1.82, 2.24) is 25.0 Å². The number of pyridine rings is 1. The molecule has 0 aliphatic carbocycles. The summed E-state index contributed by atoms with van der Waals surface area (Å²) in [5, 5.41) is 8.17. The predicted molar refractivity (Wildman–Crippen MR) is 111 cm³/mol. The Hall–Kier alpha value is -2.33. The van der Waals surface area contributed by atoms with Gasteiger partial charge in [0.15, 0.2) is 0 Å². The molecule has 1 saturated heterocycles. The first-order valence-corrected chi connectivity index (χ1v) is 10.4. The summed E-state index contributed by atoms with van der Waals surface area (Å²) < 4.78 is 13.1. The minimum atomic E-state index is -0.182. The highest BCUT2D eigenvalue weighted by Crippen LogP contribution is 2.37. The highest BCUT2D eigenvalue weighted by Gasteiger charge is 2.30. The number of hydrogen-bond acceptors (Lipinski definition) is 7. The van der Waals surface area contributed by atoms with E-state index in [4.69, 9.17) is 9.47 Å². The summed E-state index contributed by atoms with van der Waals surface area (Å²) >= 11 is 1.42. The molecule has 1 fully saturated rings. The summed E-state index contributed by atoms with van der Waals surface area (Å²) in [6.07, 6.45) is 3.39. The Morgan fingerprint density at radius 1 is 1.41 bits per heavy atom. The molecule has 154 valence electrons. The summed E-state index contributed by atoms with van der Waals surface area (Å²) in [5.41, 5.74) is 2.09. The zero-order chi connectivity index (χ0) is 20.2. The largest absolute Gasteiger partial charge is 0.383 e. The number of carbonyl (C=O) groups is 1. The summed E-state index contributed by atoms with van der Waals surface area (Å²) in [7, 11) is 3.57. The molecule has 0 unspecified atom stereocenters. The number of fused-ring (bicyclic) bond motifs is 1. The highest BCUT2D eigenvalue weighted by molar-refractivity contribution is 7.20. The van der Waals surface area contributed by atoms with E-state index in [9.17, 15) is 4.79 Å². The van der Waals surface area contributed by atoms with Gasteiger partial charge in [0.25, 0.3) is 5.91 Å². The fourth-order valence-electron chi connectivity index (χ4n) is 3.59. The molecule has 29 heavy (non-hydrogen) atoms. The van der Waals surface area contributed by atoms with E-state index < -0.39 is 0 Å². The molecule has 8 nitrogen and oxygen atoms in total. The molecule has 1 aliphatic heterocycles. The van der Waals surface area contributed by atoms with E-state index in [1.807, 2.05) is 36.1 Å². The third-order valence-corrected chi connectivity index (χ3v) is 6.21. The Morgan fingerprint density at radius 2 is 2.31 bits per heavy atom. The molecular formula is C20H25N5O3S. The van der Waals surface area contributed by atoms with Gasteiger partial charge in [0, 0.05) is 63.7 Å². The maximum Gasteiger partial charge on any atom is 0.261 e. The molecule has 0 spiro atoms.